The molecule has 0 aliphatic rings. The van der Waals surface area contributed by atoms with Crippen molar-refractivity contribution < 1.29 is 24.2 Å². The van der Waals surface area contributed by atoms with Crippen molar-refractivity contribution in [3.63, 3.8) is 0 Å². The zero-order chi connectivity index (χ0) is 27.8. The van der Waals surface area contributed by atoms with Crippen molar-refractivity contribution in [2.75, 3.05) is 0 Å². The number of ether oxygens (including phenoxy) is 1. The molecule has 3 amide bonds. The summed E-state index contributed by atoms with van der Waals surface area (Å²) in [5, 5.41) is 18.2. The van der Waals surface area contributed by atoms with Crippen LogP contribution in [-0.4, -0.2) is 46.7 Å². The normalized spacial score (nSPS) is 13.7. The number of amides is 3. The highest BCUT2D eigenvalue weighted by Crippen LogP contribution is 2.22. The highest BCUT2D eigenvalue weighted by atomic mass is 16.6. The van der Waals surface area contributed by atoms with Crippen molar-refractivity contribution in [1.82, 2.24) is 16.0 Å². The van der Waals surface area contributed by atoms with E-state index in [0.717, 1.165) is 29.5 Å². The second kappa shape index (κ2) is 13.1. The quantitative estimate of drug-likeness (QED) is 0.383. The SMILES string of the molecule is Cc1cc(O)cc(C)c1C[C@H](NC(=O)OC(C)(C)C)C(=O)N[C@H](C)C(=O)NC(C)CCc1ccccc1. The monoisotopic (exact) mass is 511 g/mol. The van der Waals surface area contributed by atoms with Crippen LogP contribution in [0.5, 0.6) is 5.75 Å². The van der Waals surface area contributed by atoms with Crippen LogP contribution >= 0.6 is 0 Å². The average Bonchev–Trinajstić information content (AvgIpc) is 2.78. The lowest BCUT2D eigenvalue weighted by Crippen LogP contribution is -2.54. The molecule has 8 nitrogen and oxygen atoms in total. The summed E-state index contributed by atoms with van der Waals surface area (Å²) in [6.07, 6.45) is 1.04. The molecule has 0 spiro atoms. The Labute approximate surface area is 220 Å². The first-order valence-electron chi connectivity index (χ1n) is 12.7. The van der Waals surface area contributed by atoms with Crippen molar-refractivity contribution in [1.29, 1.82) is 0 Å². The molecule has 2 aromatic carbocycles. The van der Waals surface area contributed by atoms with E-state index in [0.29, 0.717) is 0 Å². The van der Waals surface area contributed by atoms with E-state index in [9.17, 15) is 19.5 Å². The second-order valence-electron chi connectivity index (χ2n) is 10.6. The number of benzene rings is 2. The minimum absolute atomic E-state index is 0.0787. The predicted molar refractivity (Wildman–Crippen MR) is 144 cm³/mol. The van der Waals surface area contributed by atoms with Crippen LogP contribution in [0.15, 0.2) is 42.5 Å². The zero-order valence-corrected chi connectivity index (χ0v) is 23.0. The highest BCUT2D eigenvalue weighted by molar-refractivity contribution is 5.91. The standard InChI is InChI=1S/C29H41N3O5/c1-18-15-23(33)16-19(2)24(18)17-25(32-28(36)37-29(5,6)7)27(35)31-21(4)26(34)30-20(3)13-14-22-11-9-8-10-12-22/h8-12,15-16,20-21,25,33H,13-14,17H2,1-7H3,(H,30,34)(H,31,35)(H,32,36)/t20?,21-,25+/m1/s1. The first kappa shape index (κ1) is 29.7. The van der Waals surface area contributed by atoms with Crippen LogP contribution in [0.1, 0.15) is 63.3 Å². The molecule has 0 saturated carbocycles. The summed E-state index contributed by atoms with van der Waals surface area (Å²) in [7, 11) is 0. The number of aryl methyl sites for hydroxylation is 3. The zero-order valence-electron chi connectivity index (χ0n) is 23.0. The molecule has 0 aromatic heterocycles. The Hall–Kier alpha value is -3.55. The molecular weight excluding hydrogens is 470 g/mol. The maximum Gasteiger partial charge on any atom is 0.408 e. The topological polar surface area (TPSA) is 117 Å². The molecule has 2 aromatic rings. The number of hydrogen-bond donors (Lipinski definition) is 4. The lowest BCUT2D eigenvalue weighted by Gasteiger charge is -2.25. The molecule has 37 heavy (non-hydrogen) atoms. The summed E-state index contributed by atoms with van der Waals surface area (Å²) in [6, 6.07) is 11.4. The third kappa shape index (κ3) is 10.1. The molecule has 0 saturated heterocycles. The molecule has 202 valence electrons. The molecule has 2 rings (SSSR count). The van der Waals surface area contributed by atoms with Gasteiger partial charge in [-0.25, -0.2) is 4.79 Å². The minimum atomic E-state index is -0.984. The molecule has 0 radical (unpaired) electrons. The fourth-order valence-corrected chi connectivity index (χ4v) is 4.00. The van der Waals surface area contributed by atoms with Gasteiger partial charge in [-0.2, -0.15) is 0 Å². The Kier molecular flexibility index (Phi) is 10.5. The number of phenols is 1. The molecule has 0 bridgehead atoms. The molecule has 0 heterocycles. The van der Waals surface area contributed by atoms with Gasteiger partial charge in [-0.05, 0) is 95.7 Å². The van der Waals surface area contributed by atoms with Gasteiger partial charge in [0.2, 0.25) is 11.8 Å². The van der Waals surface area contributed by atoms with Gasteiger partial charge in [-0.15, -0.1) is 0 Å². The van der Waals surface area contributed by atoms with E-state index in [2.05, 4.69) is 16.0 Å². The lowest BCUT2D eigenvalue weighted by molar-refractivity contribution is -0.130. The Balaban J connectivity index is 2.06. The number of carbonyl (C=O) groups excluding carboxylic acids is 3. The fraction of sp³-hybridized carbons (Fsp3) is 0.483. The van der Waals surface area contributed by atoms with E-state index in [1.54, 1.807) is 39.8 Å². The van der Waals surface area contributed by atoms with E-state index in [-0.39, 0.29) is 24.1 Å². The lowest BCUT2D eigenvalue weighted by atomic mass is 9.95. The smallest absolute Gasteiger partial charge is 0.408 e. The number of nitrogens with one attached hydrogen (secondary N) is 3. The summed E-state index contributed by atoms with van der Waals surface area (Å²) in [4.78, 5) is 38.5. The van der Waals surface area contributed by atoms with E-state index in [4.69, 9.17) is 4.74 Å². The van der Waals surface area contributed by atoms with Crippen LogP contribution in [0.25, 0.3) is 0 Å². The summed E-state index contributed by atoms with van der Waals surface area (Å²) in [5.41, 5.74) is 2.86. The van der Waals surface area contributed by atoms with Crippen LogP contribution in [0, 0.1) is 13.8 Å². The van der Waals surface area contributed by atoms with E-state index >= 15 is 0 Å². The molecule has 0 fully saturated rings. The number of alkyl carbamates (subject to hydrolysis) is 1. The summed E-state index contributed by atoms with van der Waals surface area (Å²) >= 11 is 0. The van der Waals surface area contributed by atoms with E-state index in [1.165, 1.54) is 5.56 Å². The Morgan fingerprint density at radius 1 is 0.919 bits per heavy atom. The van der Waals surface area contributed by atoms with Gasteiger partial charge in [0.1, 0.15) is 23.4 Å². The molecule has 0 aliphatic heterocycles. The Morgan fingerprint density at radius 3 is 2.08 bits per heavy atom. The van der Waals surface area contributed by atoms with Crippen molar-refractivity contribution in [3.8, 4) is 5.75 Å². The third-order valence-corrected chi connectivity index (χ3v) is 5.95. The molecule has 3 atom stereocenters. The van der Waals surface area contributed by atoms with Crippen molar-refractivity contribution >= 4 is 17.9 Å². The van der Waals surface area contributed by atoms with Gasteiger partial charge in [0.15, 0.2) is 0 Å². The van der Waals surface area contributed by atoms with Gasteiger partial charge >= 0.3 is 6.09 Å². The second-order valence-corrected chi connectivity index (χ2v) is 10.6. The molecule has 0 aliphatic carbocycles. The van der Waals surface area contributed by atoms with Crippen molar-refractivity contribution in [2.24, 2.45) is 0 Å². The van der Waals surface area contributed by atoms with Crippen LogP contribution < -0.4 is 16.0 Å². The van der Waals surface area contributed by atoms with Gasteiger partial charge in [0, 0.05) is 12.5 Å². The van der Waals surface area contributed by atoms with Crippen LogP contribution in [0.3, 0.4) is 0 Å². The summed E-state index contributed by atoms with van der Waals surface area (Å²) < 4.78 is 5.35. The predicted octanol–water partition coefficient (Wildman–Crippen LogP) is 4.09. The molecule has 1 unspecified atom stereocenters. The van der Waals surface area contributed by atoms with Crippen LogP contribution in [0.4, 0.5) is 4.79 Å². The van der Waals surface area contributed by atoms with Crippen molar-refractivity contribution in [3.05, 3.63) is 64.7 Å². The van der Waals surface area contributed by atoms with Gasteiger partial charge in [-0.1, -0.05) is 30.3 Å². The van der Waals surface area contributed by atoms with Crippen LogP contribution in [0.2, 0.25) is 0 Å². The first-order valence-corrected chi connectivity index (χ1v) is 12.7. The molecule has 8 heteroatoms. The highest BCUT2D eigenvalue weighted by Gasteiger charge is 2.28. The van der Waals surface area contributed by atoms with Gasteiger partial charge in [0.05, 0.1) is 0 Å². The van der Waals surface area contributed by atoms with Crippen LogP contribution in [-0.2, 0) is 27.2 Å². The summed E-state index contributed by atoms with van der Waals surface area (Å²) in [6.45, 7) is 12.4. The number of phenolic OH excluding ortho intramolecular Hbond substituents is 1. The maximum absolute atomic E-state index is 13.2. The van der Waals surface area contributed by atoms with E-state index < -0.39 is 29.7 Å². The number of aromatic hydroxyl groups is 1. The summed E-state index contributed by atoms with van der Waals surface area (Å²) in [5.74, 6) is -0.675. The minimum Gasteiger partial charge on any atom is -0.508 e. The molecular formula is C29H41N3O5. The third-order valence-electron chi connectivity index (χ3n) is 5.95. The van der Waals surface area contributed by atoms with Gasteiger partial charge in [-0.3, -0.25) is 9.59 Å². The largest absolute Gasteiger partial charge is 0.508 e. The van der Waals surface area contributed by atoms with Crippen molar-refractivity contribution in [2.45, 2.75) is 91.5 Å². The van der Waals surface area contributed by atoms with E-state index in [1.807, 2.05) is 51.1 Å². The van der Waals surface area contributed by atoms with Gasteiger partial charge < -0.3 is 25.8 Å². The van der Waals surface area contributed by atoms with Gasteiger partial charge in [0.25, 0.3) is 0 Å². The maximum atomic E-state index is 13.2. The number of rotatable bonds is 10. The number of hydrogen-bond acceptors (Lipinski definition) is 5. The Morgan fingerprint density at radius 2 is 1.51 bits per heavy atom. The average molecular weight is 512 g/mol. The fourth-order valence-electron chi connectivity index (χ4n) is 4.00. The Bertz CT molecular complexity index is 1060. The number of carbonyl (C=O) groups is 3. The molecule has 4 N–H and O–H groups in total. The first-order chi connectivity index (χ1) is 17.2.